The molecule has 1 unspecified atom stereocenters. The lowest BCUT2D eigenvalue weighted by atomic mass is 10.0. The molecule has 0 aliphatic rings. The van der Waals surface area contributed by atoms with Gasteiger partial charge in [0.15, 0.2) is 0 Å². The van der Waals surface area contributed by atoms with Gasteiger partial charge in [0.05, 0.1) is 0 Å². The fourth-order valence-electron chi connectivity index (χ4n) is 2.36. The van der Waals surface area contributed by atoms with Crippen molar-refractivity contribution in [3.05, 3.63) is 35.0 Å². The van der Waals surface area contributed by atoms with Crippen molar-refractivity contribution in [2.75, 3.05) is 20.6 Å². The van der Waals surface area contributed by atoms with Crippen molar-refractivity contribution in [1.29, 1.82) is 0 Å². The Morgan fingerprint density at radius 2 is 2.00 bits per heavy atom. The number of hydrogen-bond donors (Lipinski definition) is 2. The molecule has 0 fully saturated rings. The predicted molar refractivity (Wildman–Crippen MR) is 73.3 cm³/mol. The average molecular weight is 231 g/mol. The van der Waals surface area contributed by atoms with Gasteiger partial charge < -0.3 is 15.6 Å². The molecule has 3 heteroatoms. The Hall–Kier alpha value is -1.32. The second kappa shape index (κ2) is 4.51. The smallest absolute Gasteiger partial charge is 0.0489 e. The minimum Gasteiger partial charge on any atom is -0.361 e. The summed E-state index contributed by atoms with van der Waals surface area (Å²) in [6, 6.07) is 4.64. The monoisotopic (exact) mass is 231 g/mol. The summed E-state index contributed by atoms with van der Waals surface area (Å²) in [7, 11) is 4.13. The molecule has 0 spiro atoms. The number of nitrogens with zero attached hydrogens (tertiary/aromatic N) is 1. The van der Waals surface area contributed by atoms with Gasteiger partial charge in [-0.25, -0.2) is 0 Å². The first kappa shape index (κ1) is 12.1. The van der Waals surface area contributed by atoms with E-state index >= 15 is 0 Å². The van der Waals surface area contributed by atoms with E-state index in [0.717, 1.165) is 0 Å². The Bertz CT molecular complexity index is 525. The maximum Gasteiger partial charge on any atom is 0.0489 e. The number of aromatic amines is 1. The molecule has 0 amide bonds. The molecule has 2 aromatic rings. The summed E-state index contributed by atoms with van der Waals surface area (Å²) < 4.78 is 0. The van der Waals surface area contributed by atoms with Crippen LogP contribution in [0.1, 0.15) is 22.7 Å². The van der Waals surface area contributed by atoms with E-state index in [-0.39, 0.29) is 6.04 Å². The van der Waals surface area contributed by atoms with Crippen LogP contribution in [0.15, 0.2) is 18.3 Å². The van der Waals surface area contributed by atoms with Crippen LogP contribution in [-0.4, -0.2) is 30.5 Å². The maximum atomic E-state index is 5.87. The second-order valence-corrected chi connectivity index (χ2v) is 4.89. The van der Waals surface area contributed by atoms with Gasteiger partial charge in [0.25, 0.3) is 0 Å². The summed E-state index contributed by atoms with van der Waals surface area (Å²) in [5.41, 5.74) is 11.0. The SMILES string of the molecule is Cc1ccc2c(C(CN)N(C)C)c[nH]c2c1C. The van der Waals surface area contributed by atoms with Gasteiger partial charge in [-0.05, 0) is 44.6 Å². The Balaban J connectivity index is 2.61. The van der Waals surface area contributed by atoms with E-state index in [0.29, 0.717) is 6.54 Å². The standard InChI is InChI=1S/C14H21N3/c1-9-5-6-11-12(13(7-15)17(3)4)8-16-14(11)10(9)2/h5-6,8,13,16H,7,15H2,1-4H3. The molecule has 1 heterocycles. The zero-order valence-corrected chi connectivity index (χ0v) is 11.0. The molecule has 3 nitrogen and oxygen atoms in total. The van der Waals surface area contributed by atoms with Crippen LogP contribution in [0.25, 0.3) is 10.9 Å². The second-order valence-electron chi connectivity index (χ2n) is 4.89. The number of H-pyrrole nitrogens is 1. The number of hydrogen-bond acceptors (Lipinski definition) is 2. The summed E-state index contributed by atoms with van der Waals surface area (Å²) in [6.45, 7) is 4.93. The number of rotatable bonds is 3. The largest absolute Gasteiger partial charge is 0.361 e. The van der Waals surface area contributed by atoms with E-state index in [2.05, 4.69) is 56.2 Å². The number of fused-ring (bicyclic) bond motifs is 1. The van der Waals surface area contributed by atoms with Crippen molar-refractivity contribution < 1.29 is 0 Å². The highest BCUT2D eigenvalue weighted by molar-refractivity contribution is 5.87. The number of benzene rings is 1. The fraction of sp³-hybridized carbons (Fsp3) is 0.429. The third-order valence-electron chi connectivity index (χ3n) is 3.62. The maximum absolute atomic E-state index is 5.87. The van der Waals surface area contributed by atoms with Gasteiger partial charge in [-0.2, -0.15) is 0 Å². The molecule has 0 aliphatic carbocycles. The van der Waals surface area contributed by atoms with Crippen LogP contribution in [0, 0.1) is 13.8 Å². The number of aromatic nitrogens is 1. The van der Waals surface area contributed by atoms with E-state index in [9.17, 15) is 0 Å². The van der Waals surface area contributed by atoms with Crippen LogP contribution < -0.4 is 5.73 Å². The van der Waals surface area contributed by atoms with Crippen molar-refractivity contribution >= 4 is 10.9 Å². The molecule has 2 rings (SSSR count). The minimum atomic E-state index is 0.269. The van der Waals surface area contributed by atoms with Crippen LogP contribution in [0.3, 0.4) is 0 Å². The summed E-state index contributed by atoms with van der Waals surface area (Å²) in [5.74, 6) is 0. The summed E-state index contributed by atoms with van der Waals surface area (Å²) in [4.78, 5) is 5.55. The lowest BCUT2D eigenvalue weighted by molar-refractivity contribution is 0.308. The Morgan fingerprint density at radius 3 is 2.59 bits per heavy atom. The topological polar surface area (TPSA) is 45.0 Å². The fourth-order valence-corrected chi connectivity index (χ4v) is 2.36. The van der Waals surface area contributed by atoms with E-state index in [4.69, 9.17) is 5.73 Å². The molecule has 3 N–H and O–H groups in total. The highest BCUT2D eigenvalue weighted by atomic mass is 15.1. The van der Waals surface area contributed by atoms with Crippen molar-refractivity contribution in [1.82, 2.24) is 9.88 Å². The quantitative estimate of drug-likeness (QED) is 0.851. The first-order chi connectivity index (χ1) is 8.06. The van der Waals surface area contributed by atoms with Crippen LogP contribution in [0.4, 0.5) is 0 Å². The van der Waals surface area contributed by atoms with Gasteiger partial charge in [0, 0.05) is 29.7 Å². The van der Waals surface area contributed by atoms with Crippen molar-refractivity contribution in [3.8, 4) is 0 Å². The first-order valence-corrected chi connectivity index (χ1v) is 6.00. The molecule has 0 aliphatic heterocycles. The third-order valence-corrected chi connectivity index (χ3v) is 3.62. The van der Waals surface area contributed by atoms with Gasteiger partial charge in [-0.15, -0.1) is 0 Å². The molecular weight excluding hydrogens is 210 g/mol. The molecule has 1 aromatic carbocycles. The van der Waals surface area contributed by atoms with E-state index in [1.165, 1.54) is 27.6 Å². The molecule has 17 heavy (non-hydrogen) atoms. The van der Waals surface area contributed by atoms with Gasteiger partial charge in [-0.3, -0.25) is 0 Å². The number of nitrogens with two attached hydrogens (primary N) is 1. The highest BCUT2D eigenvalue weighted by Gasteiger charge is 2.17. The molecular formula is C14H21N3. The van der Waals surface area contributed by atoms with Crippen molar-refractivity contribution in [3.63, 3.8) is 0 Å². The normalized spacial score (nSPS) is 13.5. The van der Waals surface area contributed by atoms with Gasteiger partial charge in [-0.1, -0.05) is 12.1 Å². The Labute approximate surface area is 103 Å². The van der Waals surface area contributed by atoms with Crippen LogP contribution in [0.5, 0.6) is 0 Å². The lowest BCUT2D eigenvalue weighted by Crippen LogP contribution is -2.26. The number of nitrogens with one attached hydrogen (secondary N) is 1. The number of likely N-dealkylation sites (N-methyl/N-ethyl adjacent to an activating group) is 1. The Kier molecular flexibility index (Phi) is 3.22. The summed E-state index contributed by atoms with van der Waals surface area (Å²) >= 11 is 0. The van der Waals surface area contributed by atoms with E-state index in [1.54, 1.807) is 0 Å². The Morgan fingerprint density at radius 1 is 1.29 bits per heavy atom. The molecule has 0 bridgehead atoms. The molecule has 92 valence electrons. The van der Waals surface area contributed by atoms with Gasteiger partial charge >= 0.3 is 0 Å². The highest BCUT2D eigenvalue weighted by Crippen LogP contribution is 2.29. The molecule has 1 atom stereocenters. The van der Waals surface area contributed by atoms with Crippen LogP contribution >= 0.6 is 0 Å². The minimum absolute atomic E-state index is 0.269. The zero-order valence-electron chi connectivity index (χ0n) is 11.0. The summed E-state index contributed by atoms with van der Waals surface area (Å²) in [6.07, 6.45) is 2.09. The van der Waals surface area contributed by atoms with Crippen molar-refractivity contribution in [2.24, 2.45) is 5.73 Å². The third kappa shape index (κ3) is 1.96. The average Bonchev–Trinajstić information content (AvgIpc) is 2.69. The molecule has 1 aromatic heterocycles. The molecule has 0 saturated heterocycles. The summed E-state index contributed by atoms with van der Waals surface area (Å²) in [5, 5.41) is 1.29. The molecule has 0 saturated carbocycles. The van der Waals surface area contributed by atoms with Crippen molar-refractivity contribution in [2.45, 2.75) is 19.9 Å². The first-order valence-electron chi connectivity index (χ1n) is 6.00. The number of aryl methyl sites for hydroxylation is 2. The van der Waals surface area contributed by atoms with Crippen LogP contribution in [0.2, 0.25) is 0 Å². The zero-order chi connectivity index (χ0) is 12.6. The van der Waals surface area contributed by atoms with Gasteiger partial charge in [0.2, 0.25) is 0 Å². The van der Waals surface area contributed by atoms with Crippen LogP contribution in [-0.2, 0) is 0 Å². The van der Waals surface area contributed by atoms with E-state index < -0.39 is 0 Å². The predicted octanol–water partition coefficient (Wildman–Crippen LogP) is 2.35. The molecule has 0 radical (unpaired) electrons. The van der Waals surface area contributed by atoms with Gasteiger partial charge in [0.1, 0.15) is 0 Å². The lowest BCUT2D eigenvalue weighted by Gasteiger charge is -2.22. The van der Waals surface area contributed by atoms with E-state index in [1.807, 2.05) is 0 Å².